The summed E-state index contributed by atoms with van der Waals surface area (Å²) in [5.74, 6) is -1.52. The minimum atomic E-state index is -1.37. The summed E-state index contributed by atoms with van der Waals surface area (Å²) in [5, 5.41) is 14.8. The molecule has 186 valence electrons. The number of aliphatic carboxylic acids is 1. The van der Waals surface area contributed by atoms with Gasteiger partial charge in [0, 0.05) is 19.1 Å². The summed E-state index contributed by atoms with van der Waals surface area (Å²) in [7, 11) is 1.45. The van der Waals surface area contributed by atoms with E-state index in [-0.39, 0.29) is 37.5 Å². The molecular weight excluding hydrogens is 448 g/mol. The van der Waals surface area contributed by atoms with Crippen LogP contribution in [0.1, 0.15) is 49.7 Å². The monoisotopic (exact) mass is 480 g/mol. The zero-order valence-corrected chi connectivity index (χ0v) is 20.1. The number of nitrogens with one attached hydrogen (secondary N) is 2. The number of rotatable bonds is 9. The van der Waals surface area contributed by atoms with Crippen molar-refractivity contribution >= 4 is 18.0 Å². The Balaban J connectivity index is 1.41. The van der Waals surface area contributed by atoms with Crippen molar-refractivity contribution in [2.24, 2.45) is 5.92 Å². The van der Waals surface area contributed by atoms with Crippen molar-refractivity contribution in [1.29, 1.82) is 0 Å². The molecular formula is C27H32N2O6. The third-order valence-electron chi connectivity index (χ3n) is 7.07. The first-order valence-electron chi connectivity index (χ1n) is 12.0. The molecule has 0 aliphatic heterocycles. The van der Waals surface area contributed by atoms with Crippen LogP contribution in [-0.2, 0) is 19.1 Å². The number of carboxylic acid groups (broad SMARTS) is 1. The molecule has 0 heterocycles. The first-order chi connectivity index (χ1) is 16.8. The SMILES string of the molecule is COCC(C)(NC(=O)OCC1c2ccccc2-c2ccccc21)C(=O)NC1CCCC1CC(=O)O. The van der Waals surface area contributed by atoms with Gasteiger partial charge in [-0.2, -0.15) is 0 Å². The van der Waals surface area contributed by atoms with Crippen molar-refractivity contribution in [2.75, 3.05) is 20.3 Å². The van der Waals surface area contributed by atoms with Gasteiger partial charge in [0.2, 0.25) is 5.91 Å². The summed E-state index contributed by atoms with van der Waals surface area (Å²) in [5.41, 5.74) is 3.10. The fraction of sp³-hybridized carbons (Fsp3) is 0.444. The molecule has 2 aromatic carbocycles. The van der Waals surface area contributed by atoms with Crippen LogP contribution in [-0.4, -0.2) is 55.0 Å². The molecule has 35 heavy (non-hydrogen) atoms. The summed E-state index contributed by atoms with van der Waals surface area (Å²) in [4.78, 5) is 37.1. The molecule has 2 aliphatic carbocycles. The number of benzene rings is 2. The van der Waals surface area contributed by atoms with Crippen LogP contribution in [0.15, 0.2) is 48.5 Å². The summed E-state index contributed by atoms with van der Waals surface area (Å²) in [6.07, 6.45) is 1.60. The number of ether oxygens (including phenoxy) is 2. The summed E-state index contributed by atoms with van der Waals surface area (Å²) in [6, 6.07) is 15.9. The molecule has 2 amide bonds. The predicted octanol–water partition coefficient (Wildman–Crippen LogP) is 3.69. The largest absolute Gasteiger partial charge is 0.481 e. The first-order valence-corrected chi connectivity index (χ1v) is 12.0. The van der Waals surface area contributed by atoms with Crippen LogP contribution in [0.2, 0.25) is 0 Å². The first kappa shape index (κ1) is 24.7. The molecule has 4 rings (SSSR count). The second-order valence-corrected chi connectivity index (χ2v) is 9.58. The van der Waals surface area contributed by atoms with E-state index in [1.165, 1.54) is 7.11 Å². The number of fused-ring (bicyclic) bond motifs is 3. The van der Waals surface area contributed by atoms with Gasteiger partial charge in [-0.1, -0.05) is 55.0 Å². The standard InChI is InChI=1S/C27H32N2O6/c1-27(16-34-2,25(32)28-23-13-7-8-17(23)14-24(30)31)29-26(33)35-15-22-20-11-5-3-9-18(20)19-10-4-6-12-21(19)22/h3-6,9-12,17,22-23H,7-8,13-16H2,1-2H3,(H,28,32)(H,29,33)(H,30,31). The number of carboxylic acids is 1. The molecule has 1 fully saturated rings. The van der Waals surface area contributed by atoms with E-state index in [1.807, 2.05) is 36.4 Å². The maximum Gasteiger partial charge on any atom is 0.408 e. The summed E-state index contributed by atoms with van der Waals surface area (Å²) < 4.78 is 10.8. The van der Waals surface area contributed by atoms with Crippen LogP contribution in [0.5, 0.6) is 0 Å². The van der Waals surface area contributed by atoms with E-state index >= 15 is 0 Å². The fourth-order valence-corrected chi connectivity index (χ4v) is 5.33. The van der Waals surface area contributed by atoms with Gasteiger partial charge in [-0.3, -0.25) is 9.59 Å². The van der Waals surface area contributed by atoms with Gasteiger partial charge >= 0.3 is 12.1 Å². The molecule has 3 unspecified atom stereocenters. The Hall–Kier alpha value is -3.39. The van der Waals surface area contributed by atoms with Crippen molar-refractivity contribution in [3.63, 3.8) is 0 Å². The van der Waals surface area contributed by atoms with Crippen LogP contribution in [0.4, 0.5) is 4.79 Å². The van der Waals surface area contributed by atoms with Crippen molar-refractivity contribution in [3.8, 4) is 11.1 Å². The summed E-state index contributed by atoms with van der Waals surface area (Å²) >= 11 is 0. The van der Waals surface area contributed by atoms with E-state index in [4.69, 9.17) is 14.6 Å². The van der Waals surface area contributed by atoms with Gasteiger partial charge in [-0.15, -0.1) is 0 Å². The second-order valence-electron chi connectivity index (χ2n) is 9.58. The van der Waals surface area contributed by atoms with Crippen LogP contribution in [0.25, 0.3) is 11.1 Å². The molecule has 8 heteroatoms. The Morgan fingerprint density at radius 2 is 1.66 bits per heavy atom. The smallest absolute Gasteiger partial charge is 0.408 e. The number of amides is 2. The average Bonchev–Trinajstić information content (AvgIpc) is 3.39. The normalized spacial score (nSPS) is 20.4. The van der Waals surface area contributed by atoms with Crippen molar-refractivity contribution in [2.45, 2.75) is 50.1 Å². The third kappa shape index (κ3) is 5.32. The van der Waals surface area contributed by atoms with Crippen LogP contribution < -0.4 is 10.6 Å². The van der Waals surface area contributed by atoms with Gasteiger partial charge in [0.1, 0.15) is 12.1 Å². The van der Waals surface area contributed by atoms with Crippen molar-refractivity contribution in [1.82, 2.24) is 10.6 Å². The number of methoxy groups -OCH3 is 1. The maximum atomic E-state index is 13.2. The molecule has 0 spiro atoms. The number of carbonyl (C=O) groups is 3. The van der Waals surface area contributed by atoms with Gasteiger partial charge in [-0.25, -0.2) is 4.79 Å². The van der Waals surface area contributed by atoms with Gasteiger partial charge in [0.25, 0.3) is 0 Å². The Morgan fingerprint density at radius 3 is 2.26 bits per heavy atom. The van der Waals surface area contributed by atoms with Crippen LogP contribution in [0.3, 0.4) is 0 Å². The Morgan fingerprint density at radius 1 is 1.03 bits per heavy atom. The quantitative estimate of drug-likeness (QED) is 0.504. The molecule has 0 saturated heterocycles. The van der Waals surface area contributed by atoms with Gasteiger partial charge in [0.05, 0.1) is 13.0 Å². The maximum absolute atomic E-state index is 13.2. The van der Waals surface area contributed by atoms with Gasteiger partial charge in [0.15, 0.2) is 0 Å². The molecule has 0 aromatic heterocycles. The molecule has 8 nitrogen and oxygen atoms in total. The highest BCUT2D eigenvalue weighted by Gasteiger charge is 2.40. The molecule has 1 saturated carbocycles. The van der Waals surface area contributed by atoms with Gasteiger partial charge in [-0.05, 0) is 47.9 Å². The fourth-order valence-electron chi connectivity index (χ4n) is 5.33. The zero-order chi connectivity index (χ0) is 25.0. The Kier molecular flexibility index (Phi) is 7.40. The van der Waals surface area contributed by atoms with Gasteiger partial charge < -0.3 is 25.2 Å². The second kappa shape index (κ2) is 10.5. The summed E-state index contributed by atoms with van der Waals surface area (Å²) in [6.45, 7) is 1.65. The average molecular weight is 481 g/mol. The van der Waals surface area contributed by atoms with Crippen LogP contribution in [0, 0.1) is 5.92 Å². The third-order valence-corrected chi connectivity index (χ3v) is 7.07. The van der Waals surface area contributed by atoms with Crippen LogP contribution >= 0.6 is 0 Å². The Bertz CT molecular complexity index is 1060. The Labute approximate surface area is 205 Å². The molecule has 2 aromatic rings. The van der Waals surface area contributed by atoms with E-state index in [1.54, 1.807) is 6.92 Å². The molecule has 0 bridgehead atoms. The highest BCUT2D eigenvalue weighted by molar-refractivity contribution is 5.90. The lowest BCUT2D eigenvalue weighted by Crippen LogP contribution is -2.61. The van der Waals surface area contributed by atoms with E-state index in [2.05, 4.69) is 22.8 Å². The highest BCUT2D eigenvalue weighted by Crippen LogP contribution is 2.44. The number of hydrogen-bond donors (Lipinski definition) is 3. The molecule has 3 atom stereocenters. The zero-order valence-electron chi connectivity index (χ0n) is 20.1. The van der Waals surface area contributed by atoms with E-state index in [0.717, 1.165) is 35.1 Å². The molecule has 0 radical (unpaired) electrons. The predicted molar refractivity (Wildman–Crippen MR) is 130 cm³/mol. The minimum Gasteiger partial charge on any atom is -0.481 e. The van der Waals surface area contributed by atoms with E-state index in [9.17, 15) is 14.4 Å². The molecule has 3 N–H and O–H groups in total. The lowest BCUT2D eigenvalue weighted by molar-refractivity contribution is -0.139. The lowest BCUT2D eigenvalue weighted by Gasteiger charge is -2.31. The lowest BCUT2D eigenvalue weighted by atomic mass is 9.97. The number of carbonyl (C=O) groups excluding carboxylic acids is 2. The van der Waals surface area contributed by atoms with Crippen molar-refractivity contribution < 1.29 is 29.0 Å². The van der Waals surface area contributed by atoms with E-state index < -0.39 is 23.5 Å². The number of alkyl carbamates (subject to hydrolysis) is 1. The molecule has 2 aliphatic rings. The highest BCUT2D eigenvalue weighted by atomic mass is 16.5. The van der Waals surface area contributed by atoms with E-state index in [0.29, 0.717) is 6.42 Å². The van der Waals surface area contributed by atoms with Crippen molar-refractivity contribution in [3.05, 3.63) is 59.7 Å². The topological polar surface area (TPSA) is 114 Å². The number of hydrogen-bond acceptors (Lipinski definition) is 5. The minimum absolute atomic E-state index is 0.00570.